The summed E-state index contributed by atoms with van der Waals surface area (Å²) >= 11 is 0. The van der Waals surface area contributed by atoms with E-state index in [0.717, 1.165) is 27.7 Å². The Balaban J connectivity index is 1.06. The number of rotatable bonds is 29. The van der Waals surface area contributed by atoms with Crippen LogP contribution in [-0.4, -0.2) is 487 Å². The second-order valence-corrected chi connectivity index (χ2v) is 28.2. The highest BCUT2D eigenvalue weighted by Gasteiger charge is 2.61. The average molecular weight is 1640 g/mol. The Bertz CT molecular complexity index is 2970. The van der Waals surface area contributed by atoms with E-state index in [9.17, 15) is 147 Å². The van der Waals surface area contributed by atoms with Crippen LogP contribution in [0, 0.1) is 0 Å². The Morgan fingerprint density at radius 1 is 0.232 bits per heavy atom. The van der Waals surface area contributed by atoms with Gasteiger partial charge in [-0.05, 0) is 0 Å². The number of hydrogen-bond acceptors (Lipinski definition) is 46. The second-order valence-electron chi connectivity index (χ2n) is 28.2. The molecule has 9 fully saturated rings. The number of nitrogens with one attached hydrogen (secondary N) is 4. The molecule has 0 saturated carbocycles. The van der Waals surface area contributed by atoms with Gasteiger partial charge in [0.2, 0.25) is 23.6 Å². The fourth-order valence-electron chi connectivity index (χ4n) is 14.4. The fraction of sp³-hybridized carbons (Fsp3) is 0.935. The number of carbonyl (C=O) groups is 4. The molecule has 50 heteroatoms. The molecule has 50 nitrogen and oxygen atoms in total. The Morgan fingerprint density at radius 3 is 0.911 bits per heavy atom. The molecule has 0 bridgehead atoms. The van der Waals surface area contributed by atoms with E-state index in [1.807, 2.05) is 0 Å². The summed E-state index contributed by atoms with van der Waals surface area (Å²) in [6, 6.07) is -7.21. The van der Waals surface area contributed by atoms with E-state index in [4.69, 9.17) is 80.5 Å². The van der Waals surface area contributed by atoms with Gasteiger partial charge in [-0.1, -0.05) is 0 Å². The van der Waals surface area contributed by atoms with Crippen LogP contribution in [0.2, 0.25) is 0 Å². The van der Waals surface area contributed by atoms with Crippen molar-refractivity contribution in [3.8, 4) is 0 Å². The van der Waals surface area contributed by atoms with E-state index in [-0.39, 0.29) is 0 Å². The highest BCUT2D eigenvalue weighted by molar-refractivity contribution is 5.74. The van der Waals surface area contributed by atoms with E-state index < -0.39 is 359 Å². The SMILES string of the molecule is CC(=O)N[C@H]1[C@H](O[C@H]2[C@H](O)[C@@H](NC(C)=O)C(O)O[C@@H]2CO)O[C@H](CO)[C@@H](O[C@@H]2O[C@H](CO[C@H]3O[C@H](CO[C@H]4O[C@H](CO)[C@@H](O)[C@H](O)[C@@H]4O)[C@@H](O)[C@H](O[C@H]4O[C@H](CO)[C@@H](O)[C@H](O)[C@@H]4O)[C@@H]3O)[C@@H](O)[C@H](O[C@H]3O[C@H](CO)[C@@H](O)[C@H](O)[C@@H]3O[C@@H]3O[C@H](CO)[C@@H](O[C@@H]4O[C@H](CO)[C@H](O)[C@H](O)[C@H]4NC(C)=O)[C@H](O)[C@H]3NC(C)=O)[C@@H]2O)[C@@H]1O. The Kier molecular flexibility index (Phi) is 33.1. The molecule has 0 aromatic heterocycles. The van der Waals surface area contributed by atoms with Gasteiger partial charge in [0.25, 0.3) is 0 Å². The summed E-state index contributed by atoms with van der Waals surface area (Å²) in [4.78, 5) is 50.5. The van der Waals surface area contributed by atoms with Gasteiger partial charge in [-0.25, -0.2) is 0 Å². The lowest BCUT2D eigenvalue weighted by molar-refractivity contribution is -0.397. The van der Waals surface area contributed by atoms with Crippen molar-refractivity contribution >= 4 is 23.6 Å². The molecule has 9 aliphatic rings. The number of carbonyl (C=O) groups excluding carboxylic acids is 4. The Hall–Kier alpha value is -3.80. The highest BCUT2D eigenvalue weighted by atomic mass is 16.8. The zero-order valence-corrected chi connectivity index (χ0v) is 60.1. The molecule has 0 radical (unpaired) electrons. The predicted molar refractivity (Wildman–Crippen MR) is 343 cm³/mol. The van der Waals surface area contributed by atoms with Crippen molar-refractivity contribution in [3.05, 3.63) is 0 Å². The molecule has 9 heterocycles. The van der Waals surface area contributed by atoms with Crippen LogP contribution >= 0.6 is 0 Å². The first-order valence-corrected chi connectivity index (χ1v) is 35.6. The molecule has 9 saturated heterocycles. The lowest BCUT2D eigenvalue weighted by Gasteiger charge is -2.51. The number of hydrogen-bond donors (Lipinski definition) is 29. The molecule has 112 heavy (non-hydrogen) atoms. The van der Waals surface area contributed by atoms with Crippen LogP contribution in [-0.2, 0) is 99.7 Å². The molecule has 9 aliphatic heterocycles. The van der Waals surface area contributed by atoms with Gasteiger partial charge in [0, 0.05) is 27.7 Å². The average Bonchev–Trinajstić information content (AvgIpc) is 0.740. The van der Waals surface area contributed by atoms with Crippen LogP contribution in [0.3, 0.4) is 0 Å². The molecule has 1 unspecified atom stereocenters. The third-order valence-electron chi connectivity index (χ3n) is 20.3. The number of amides is 4. The fourth-order valence-corrected chi connectivity index (χ4v) is 14.4. The zero-order valence-electron chi connectivity index (χ0n) is 60.1. The largest absolute Gasteiger partial charge is 0.394 e. The zero-order chi connectivity index (χ0) is 82.5. The van der Waals surface area contributed by atoms with Crippen LogP contribution in [0.4, 0.5) is 0 Å². The molecule has 648 valence electrons. The number of aliphatic hydroxyl groups is 25. The van der Waals surface area contributed by atoms with Crippen molar-refractivity contribution in [2.24, 2.45) is 0 Å². The van der Waals surface area contributed by atoms with Gasteiger partial charge in [0.15, 0.2) is 56.6 Å². The van der Waals surface area contributed by atoms with E-state index in [1.54, 1.807) is 0 Å². The van der Waals surface area contributed by atoms with Gasteiger partial charge in [-0.3, -0.25) is 19.2 Å². The maximum absolute atomic E-state index is 13.0. The first-order valence-electron chi connectivity index (χ1n) is 35.6. The van der Waals surface area contributed by atoms with Crippen LogP contribution < -0.4 is 21.3 Å². The summed E-state index contributed by atoms with van der Waals surface area (Å²) in [5, 5.41) is 287. The maximum atomic E-state index is 13.0. The predicted octanol–water partition coefficient (Wildman–Crippen LogP) is -20.1. The van der Waals surface area contributed by atoms with Gasteiger partial charge in [-0.2, -0.15) is 0 Å². The smallest absolute Gasteiger partial charge is 0.217 e. The number of aliphatic hydroxyl groups excluding tert-OH is 25. The lowest BCUT2D eigenvalue weighted by Crippen LogP contribution is -2.71. The van der Waals surface area contributed by atoms with E-state index >= 15 is 0 Å². The van der Waals surface area contributed by atoms with Crippen molar-refractivity contribution < 1.29 is 227 Å². The summed E-state index contributed by atoms with van der Waals surface area (Å²) in [6.07, 6.45) is -85.4. The normalized spacial score (nSPS) is 48.9. The summed E-state index contributed by atoms with van der Waals surface area (Å²) in [5.74, 6) is -3.51. The van der Waals surface area contributed by atoms with Crippen LogP contribution in [0.15, 0.2) is 0 Å². The summed E-state index contributed by atoms with van der Waals surface area (Å²) in [7, 11) is 0. The number of ether oxygens (including phenoxy) is 17. The van der Waals surface area contributed by atoms with Crippen molar-refractivity contribution in [1.29, 1.82) is 0 Å². The topological polar surface area (TPSA) is 779 Å². The molecule has 0 spiro atoms. The standard InChI is InChI=1S/C62H104N4O46/c1-14(74)63-27-38(85)48(22(9-71)98-54(27)95)107-56-29(65-16(3)76)40(87)50(24(11-73)103-56)109-61-47(94)52(36(83)26(106-61)13-97-59-46(93)51(110-60-45(92)42(89)33(80)20(7-69)101-60)35(82)25(105-59)12-96-58-44(91)41(88)32(79)19(6-68)100-58)111-62-53(43(90)34(81)21(8-70)102-62)112-57-30(66-17(4)77)39(86)49(23(10-72)104-57)108-55-28(64-15(2)75)37(84)31(78)18(5-67)99-55/h18-62,67-73,78-95H,5-13H2,1-4H3,(H,63,74)(H,64,75)(H,65,76)(H,66,77)/t18-,19-,20-,21-,22-,23-,24-,25-,26-,27-,28-,29-,30-,31+,32-,33-,34-,35-,36-,37-,38-,39-,40-,41+,42+,43+,44+,45+,46+,47+,48-,49-,50-,51+,52+,53+,54?,55+,56+,57+,58+,59+,60-,61+,62-/m1/s1. The first-order chi connectivity index (χ1) is 53.0. The van der Waals surface area contributed by atoms with Gasteiger partial charge in [0.05, 0.1) is 59.5 Å². The molecule has 0 aromatic carbocycles. The minimum Gasteiger partial charge on any atom is -0.394 e. The minimum absolute atomic E-state index is 0.789. The van der Waals surface area contributed by atoms with E-state index in [2.05, 4.69) is 21.3 Å². The summed E-state index contributed by atoms with van der Waals surface area (Å²) in [6.45, 7) is -5.77. The monoisotopic (exact) mass is 1640 g/mol. The van der Waals surface area contributed by atoms with E-state index in [1.165, 1.54) is 0 Å². The van der Waals surface area contributed by atoms with Crippen LogP contribution in [0.1, 0.15) is 27.7 Å². The molecule has 0 aromatic rings. The van der Waals surface area contributed by atoms with Crippen LogP contribution in [0.5, 0.6) is 0 Å². The van der Waals surface area contributed by atoms with Crippen molar-refractivity contribution in [1.82, 2.24) is 21.3 Å². The molecule has 4 amide bonds. The summed E-state index contributed by atoms with van der Waals surface area (Å²) in [5.41, 5.74) is 0. The third-order valence-corrected chi connectivity index (χ3v) is 20.3. The van der Waals surface area contributed by atoms with E-state index in [0.29, 0.717) is 0 Å². The molecular weight excluding hydrogens is 1540 g/mol. The maximum Gasteiger partial charge on any atom is 0.217 e. The Labute approximate surface area is 634 Å². The molecule has 9 rings (SSSR count). The first kappa shape index (κ1) is 92.1. The second kappa shape index (κ2) is 40.3. The highest BCUT2D eigenvalue weighted by Crippen LogP contribution is 2.40. The quantitative estimate of drug-likeness (QED) is 0.0331. The lowest BCUT2D eigenvalue weighted by atomic mass is 9.93. The molecule has 45 atom stereocenters. The minimum atomic E-state index is -2.58. The van der Waals surface area contributed by atoms with Crippen molar-refractivity contribution in [3.63, 3.8) is 0 Å². The summed E-state index contributed by atoms with van der Waals surface area (Å²) < 4.78 is 100. The molecule has 29 N–H and O–H groups in total. The molecular formula is C62H104N4O46. The van der Waals surface area contributed by atoms with Gasteiger partial charge < -0.3 is 229 Å². The van der Waals surface area contributed by atoms with Gasteiger partial charge in [-0.15, -0.1) is 0 Å². The van der Waals surface area contributed by atoms with Gasteiger partial charge in [0.1, 0.15) is 219 Å². The van der Waals surface area contributed by atoms with Crippen LogP contribution in [0.25, 0.3) is 0 Å². The van der Waals surface area contributed by atoms with Gasteiger partial charge >= 0.3 is 0 Å². The Morgan fingerprint density at radius 2 is 0.491 bits per heavy atom. The van der Waals surface area contributed by atoms with Crippen molar-refractivity contribution in [2.75, 3.05) is 59.5 Å². The van der Waals surface area contributed by atoms with Crippen molar-refractivity contribution in [2.45, 2.75) is 304 Å². The third kappa shape index (κ3) is 20.4. The molecule has 0 aliphatic carbocycles.